The summed E-state index contributed by atoms with van der Waals surface area (Å²) in [5.74, 6) is -0.164. The number of carbonyl (C=O) groups excluding carboxylic acids is 1. The molecule has 1 aliphatic heterocycles. The lowest BCUT2D eigenvalue weighted by molar-refractivity contribution is -0.126. The number of para-hydroxylation sites is 1. The molecule has 1 amide bonds. The molecule has 0 radical (unpaired) electrons. The Hall–Kier alpha value is -2.78. The lowest BCUT2D eigenvalue weighted by Crippen LogP contribution is -2.58. The van der Waals surface area contributed by atoms with Crippen molar-refractivity contribution < 1.29 is 4.79 Å². The smallest absolute Gasteiger partial charge is 0.239 e. The van der Waals surface area contributed by atoms with Gasteiger partial charge in [0.05, 0.1) is 6.04 Å². The summed E-state index contributed by atoms with van der Waals surface area (Å²) in [5, 5.41) is 3.63. The molecule has 5 heteroatoms. The highest BCUT2D eigenvalue weighted by molar-refractivity contribution is 6.05. The van der Waals surface area contributed by atoms with Crippen LogP contribution in [0.1, 0.15) is 11.6 Å². The Morgan fingerprint density at radius 3 is 2.20 bits per heavy atom. The zero-order valence-corrected chi connectivity index (χ0v) is 10.6. The maximum absolute atomic E-state index is 12.2. The minimum atomic E-state index is -0.664. The number of hydrogen-bond acceptors (Lipinski definition) is 2. The van der Waals surface area contributed by atoms with Gasteiger partial charge in [-0.3, -0.25) is 4.79 Å². The van der Waals surface area contributed by atoms with Crippen molar-refractivity contribution >= 4 is 11.6 Å². The van der Waals surface area contributed by atoms with E-state index < -0.39 is 6.04 Å². The van der Waals surface area contributed by atoms with E-state index in [1.165, 1.54) is 0 Å². The van der Waals surface area contributed by atoms with Crippen LogP contribution in [0, 0.1) is 0 Å². The molecule has 0 aliphatic carbocycles. The summed E-state index contributed by atoms with van der Waals surface area (Å²) in [6.45, 7) is 0. The molecule has 5 nitrogen and oxygen atoms in total. The van der Waals surface area contributed by atoms with E-state index in [-0.39, 0.29) is 11.9 Å². The summed E-state index contributed by atoms with van der Waals surface area (Å²) >= 11 is 0. The molecule has 0 bridgehead atoms. The molecule has 98 valence electrons. The van der Waals surface area contributed by atoms with Gasteiger partial charge in [0, 0.05) is 10.6 Å². The second-order valence-corrected chi connectivity index (χ2v) is 4.55. The molecule has 1 heterocycles. The summed E-state index contributed by atoms with van der Waals surface area (Å²) in [6, 6.07) is 18.1. The van der Waals surface area contributed by atoms with Crippen molar-refractivity contribution in [2.75, 3.05) is 4.90 Å². The number of amides is 1. The van der Waals surface area contributed by atoms with Crippen LogP contribution in [0.2, 0.25) is 0 Å². The van der Waals surface area contributed by atoms with Gasteiger partial charge in [-0.25, -0.2) is 0 Å². The Labute approximate surface area is 116 Å². The van der Waals surface area contributed by atoms with E-state index in [2.05, 4.69) is 10.0 Å². The molecule has 0 spiro atoms. The number of benzene rings is 2. The lowest BCUT2D eigenvalue weighted by atomic mass is 9.88. The second kappa shape index (κ2) is 5.07. The Kier molecular flexibility index (Phi) is 3.11. The van der Waals surface area contributed by atoms with Gasteiger partial charge in [-0.2, -0.15) is 0 Å². The second-order valence-electron chi connectivity index (χ2n) is 4.55. The molecule has 1 saturated heterocycles. The molecule has 2 aromatic rings. The number of hydrogen-bond donors (Lipinski definition) is 0. The van der Waals surface area contributed by atoms with Crippen LogP contribution in [0.4, 0.5) is 5.69 Å². The third kappa shape index (κ3) is 1.90. The van der Waals surface area contributed by atoms with Gasteiger partial charge in [-0.1, -0.05) is 53.6 Å². The standard InChI is InChI=1S/C15H12N4O/c16-18-17-13-14(11-7-3-1-4-8-11)19(15(13)20)12-9-5-2-6-10-12/h1-10,13-14H/t13-,14+/m1/s1. The average Bonchev–Trinajstić information content (AvgIpc) is 2.51. The number of rotatable bonds is 3. The first-order chi connectivity index (χ1) is 9.83. The number of anilines is 1. The highest BCUT2D eigenvalue weighted by atomic mass is 16.2. The van der Waals surface area contributed by atoms with E-state index >= 15 is 0 Å². The molecule has 0 N–H and O–H groups in total. The first kappa shape index (κ1) is 12.3. The van der Waals surface area contributed by atoms with Gasteiger partial charge in [0.15, 0.2) is 0 Å². The maximum Gasteiger partial charge on any atom is 0.239 e. The van der Waals surface area contributed by atoms with Gasteiger partial charge in [-0.05, 0) is 23.2 Å². The quantitative estimate of drug-likeness (QED) is 0.362. The number of nitrogens with zero attached hydrogens (tertiary/aromatic N) is 4. The molecule has 0 unspecified atom stereocenters. The summed E-state index contributed by atoms with van der Waals surface area (Å²) in [7, 11) is 0. The minimum Gasteiger partial charge on any atom is -0.304 e. The number of carbonyl (C=O) groups is 1. The van der Waals surface area contributed by atoms with Gasteiger partial charge in [0.1, 0.15) is 6.04 Å². The predicted octanol–water partition coefficient (Wildman–Crippen LogP) is 3.45. The van der Waals surface area contributed by atoms with E-state index in [1.54, 1.807) is 4.90 Å². The highest BCUT2D eigenvalue weighted by Crippen LogP contribution is 2.40. The predicted molar refractivity (Wildman–Crippen MR) is 76.0 cm³/mol. The monoisotopic (exact) mass is 264 g/mol. The number of azide groups is 1. The molecule has 20 heavy (non-hydrogen) atoms. The van der Waals surface area contributed by atoms with Crippen molar-refractivity contribution in [2.45, 2.75) is 12.1 Å². The van der Waals surface area contributed by atoms with E-state index in [0.717, 1.165) is 11.3 Å². The van der Waals surface area contributed by atoms with Crippen molar-refractivity contribution in [3.63, 3.8) is 0 Å². The van der Waals surface area contributed by atoms with Gasteiger partial charge >= 0.3 is 0 Å². The number of β-lactam (4-membered cyclic amide) rings is 1. The average molecular weight is 264 g/mol. The summed E-state index contributed by atoms with van der Waals surface area (Å²) in [5.41, 5.74) is 10.4. The Morgan fingerprint density at radius 2 is 1.60 bits per heavy atom. The molecule has 3 rings (SSSR count). The summed E-state index contributed by atoms with van der Waals surface area (Å²) in [4.78, 5) is 16.7. The molecule has 2 atom stereocenters. The topological polar surface area (TPSA) is 69.1 Å². The third-order valence-corrected chi connectivity index (χ3v) is 3.42. The fraction of sp³-hybridized carbons (Fsp3) is 0.133. The molecular weight excluding hydrogens is 252 g/mol. The van der Waals surface area contributed by atoms with Crippen LogP contribution in [-0.4, -0.2) is 11.9 Å². The van der Waals surface area contributed by atoms with Crippen LogP contribution in [0.3, 0.4) is 0 Å². The molecule has 0 aromatic heterocycles. The molecule has 2 aromatic carbocycles. The van der Waals surface area contributed by atoms with E-state index in [0.29, 0.717) is 0 Å². The van der Waals surface area contributed by atoms with Crippen molar-refractivity contribution in [3.05, 3.63) is 76.7 Å². The fourth-order valence-corrected chi connectivity index (χ4v) is 2.50. The molecule has 0 saturated carbocycles. The van der Waals surface area contributed by atoms with Crippen LogP contribution < -0.4 is 4.90 Å². The SMILES string of the molecule is [N-]=[N+]=N[C@H]1C(=O)N(c2ccccc2)[C@H]1c1ccccc1. The third-order valence-electron chi connectivity index (χ3n) is 3.42. The van der Waals surface area contributed by atoms with Crippen molar-refractivity contribution in [1.29, 1.82) is 0 Å². The normalized spacial score (nSPS) is 21.0. The zero-order valence-electron chi connectivity index (χ0n) is 10.6. The Morgan fingerprint density at radius 1 is 1.00 bits per heavy atom. The zero-order chi connectivity index (χ0) is 13.9. The molecule has 1 aliphatic rings. The Bertz CT molecular complexity index is 665. The molecular formula is C15H12N4O. The van der Waals surface area contributed by atoms with Gasteiger partial charge in [0.2, 0.25) is 5.91 Å². The van der Waals surface area contributed by atoms with Gasteiger partial charge < -0.3 is 4.90 Å². The van der Waals surface area contributed by atoms with E-state index in [1.807, 2.05) is 60.7 Å². The van der Waals surface area contributed by atoms with E-state index in [4.69, 9.17) is 5.53 Å². The summed E-state index contributed by atoms with van der Waals surface area (Å²) in [6.07, 6.45) is 0. The van der Waals surface area contributed by atoms with E-state index in [9.17, 15) is 4.79 Å². The maximum atomic E-state index is 12.2. The van der Waals surface area contributed by atoms with Gasteiger partial charge in [0.25, 0.3) is 0 Å². The van der Waals surface area contributed by atoms with Crippen molar-refractivity contribution in [1.82, 2.24) is 0 Å². The first-order valence-corrected chi connectivity index (χ1v) is 6.30. The molecule has 1 fully saturated rings. The van der Waals surface area contributed by atoms with Crippen LogP contribution in [-0.2, 0) is 4.79 Å². The fourth-order valence-electron chi connectivity index (χ4n) is 2.50. The Balaban J connectivity index is 2.01. The van der Waals surface area contributed by atoms with Crippen LogP contribution >= 0.6 is 0 Å². The summed E-state index contributed by atoms with van der Waals surface area (Å²) < 4.78 is 0. The minimum absolute atomic E-state index is 0.164. The van der Waals surface area contributed by atoms with Gasteiger partial charge in [-0.15, -0.1) is 0 Å². The van der Waals surface area contributed by atoms with Crippen molar-refractivity contribution in [3.8, 4) is 0 Å². The van der Waals surface area contributed by atoms with Crippen LogP contribution in [0.5, 0.6) is 0 Å². The van der Waals surface area contributed by atoms with Crippen molar-refractivity contribution in [2.24, 2.45) is 5.11 Å². The lowest BCUT2D eigenvalue weighted by Gasteiger charge is -2.45. The first-order valence-electron chi connectivity index (χ1n) is 6.30. The van der Waals surface area contributed by atoms with Crippen LogP contribution in [0.15, 0.2) is 65.8 Å². The largest absolute Gasteiger partial charge is 0.304 e. The van der Waals surface area contributed by atoms with Crippen LogP contribution in [0.25, 0.3) is 10.4 Å². The highest BCUT2D eigenvalue weighted by Gasteiger charge is 2.48.